The molecule has 8 nitrogen and oxygen atoms in total. The summed E-state index contributed by atoms with van der Waals surface area (Å²) in [5.74, 6) is -2.54. The molecule has 3 rings (SSSR count). The molecule has 0 bridgehead atoms. The lowest BCUT2D eigenvalue weighted by Crippen LogP contribution is -2.47. The number of aliphatic carboxylic acids is 1. The standard InChI is InChI=1S/C18H28N4O2S.C2HF3O2/c1-4-21-13-18(10-16(21)23)12-20(11-15-6-5-9-25-15)7-8-22(14-18)17(24)19(2)3;3-2(4,5)1(6)7/h5-6,9H,4,7-8,10-14H2,1-3H3;(H,6,7). The van der Waals surface area contributed by atoms with Gasteiger partial charge in [-0.25, -0.2) is 9.59 Å². The number of likely N-dealkylation sites (tertiary alicyclic amines) is 1. The number of alkyl halides is 3. The van der Waals surface area contributed by atoms with Crippen molar-refractivity contribution in [3.63, 3.8) is 0 Å². The Kier molecular flexibility index (Phi) is 8.52. The van der Waals surface area contributed by atoms with Gasteiger partial charge in [0.25, 0.3) is 0 Å². The Balaban J connectivity index is 0.000000451. The van der Waals surface area contributed by atoms with Gasteiger partial charge >= 0.3 is 18.2 Å². The quantitative estimate of drug-likeness (QED) is 0.722. The van der Waals surface area contributed by atoms with Gasteiger partial charge in [-0.05, 0) is 18.4 Å². The molecule has 0 radical (unpaired) electrons. The van der Waals surface area contributed by atoms with E-state index in [9.17, 15) is 22.8 Å². The third kappa shape index (κ3) is 6.83. The van der Waals surface area contributed by atoms with Crippen molar-refractivity contribution in [2.24, 2.45) is 5.41 Å². The fraction of sp³-hybridized carbons (Fsp3) is 0.650. The molecule has 3 heterocycles. The number of thiophene rings is 1. The van der Waals surface area contributed by atoms with E-state index in [0.717, 1.165) is 32.7 Å². The minimum Gasteiger partial charge on any atom is -0.475 e. The number of carboxylic acids is 1. The average molecular weight is 479 g/mol. The van der Waals surface area contributed by atoms with Gasteiger partial charge in [-0.3, -0.25) is 9.69 Å². The molecule has 1 atom stereocenters. The molecule has 1 unspecified atom stereocenters. The van der Waals surface area contributed by atoms with Crippen molar-refractivity contribution in [2.45, 2.75) is 26.1 Å². The minimum absolute atomic E-state index is 0.0414. The maximum Gasteiger partial charge on any atom is 0.490 e. The highest BCUT2D eigenvalue weighted by Gasteiger charge is 2.47. The second-order valence-corrected chi connectivity index (χ2v) is 9.31. The molecule has 2 fully saturated rings. The summed E-state index contributed by atoms with van der Waals surface area (Å²) in [5.41, 5.74) is -0.160. The molecule has 2 aliphatic rings. The Labute approximate surface area is 189 Å². The van der Waals surface area contributed by atoms with Crippen molar-refractivity contribution in [1.29, 1.82) is 0 Å². The van der Waals surface area contributed by atoms with Crippen molar-refractivity contribution >= 4 is 29.2 Å². The van der Waals surface area contributed by atoms with Crippen LogP contribution in [0.15, 0.2) is 17.5 Å². The first kappa shape index (κ1) is 25.9. The SMILES string of the molecule is CCN1CC2(CC1=O)CN(Cc1cccs1)CCN(C(=O)N(C)C)C2.O=C(O)C(F)(F)F. The van der Waals surface area contributed by atoms with E-state index in [2.05, 4.69) is 22.4 Å². The van der Waals surface area contributed by atoms with E-state index >= 15 is 0 Å². The Morgan fingerprint density at radius 2 is 1.88 bits per heavy atom. The number of urea groups is 1. The van der Waals surface area contributed by atoms with Crippen molar-refractivity contribution in [1.82, 2.24) is 19.6 Å². The first-order valence-corrected chi connectivity index (χ1v) is 11.0. The van der Waals surface area contributed by atoms with Crippen LogP contribution in [0, 0.1) is 5.41 Å². The van der Waals surface area contributed by atoms with E-state index in [0.29, 0.717) is 19.5 Å². The van der Waals surface area contributed by atoms with E-state index in [1.54, 1.807) is 30.3 Å². The summed E-state index contributed by atoms with van der Waals surface area (Å²) in [5, 5.41) is 9.22. The van der Waals surface area contributed by atoms with Crippen molar-refractivity contribution in [3.8, 4) is 0 Å². The zero-order chi connectivity index (χ0) is 24.1. The maximum atomic E-state index is 12.6. The van der Waals surface area contributed by atoms with Gasteiger partial charge in [0, 0.05) is 76.6 Å². The van der Waals surface area contributed by atoms with Gasteiger partial charge in [-0.2, -0.15) is 13.2 Å². The van der Waals surface area contributed by atoms with Crippen LogP contribution in [-0.2, 0) is 16.1 Å². The van der Waals surface area contributed by atoms with Crippen molar-refractivity contribution in [2.75, 3.05) is 53.4 Å². The molecule has 2 aliphatic heterocycles. The predicted molar refractivity (Wildman–Crippen MR) is 113 cm³/mol. The molecule has 32 heavy (non-hydrogen) atoms. The van der Waals surface area contributed by atoms with E-state index < -0.39 is 12.1 Å². The van der Waals surface area contributed by atoms with Crippen molar-refractivity contribution < 1.29 is 32.7 Å². The number of hydrogen-bond acceptors (Lipinski definition) is 5. The monoisotopic (exact) mass is 478 g/mol. The lowest BCUT2D eigenvalue weighted by atomic mass is 9.86. The highest BCUT2D eigenvalue weighted by atomic mass is 32.1. The Morgan fingerprint density at radius 3 is 2.34 bits per heavy atom. The number of carboxylic acid groups (broad SMARTS) is 1. The van der Waals surface area contributed by atoms with Gasteiger partial charge in [0.2, 0.25) is 5.91 Å². The number of amides is 3. The van der Waals surface area contributed by atoms with Crippen LogP contribution in [0.5, 0.6) is 0 Å². The van der Waals surface area contributed by atoms with Crippen LogP contribution in [0.25, 0.3) is 0 Å². The molecule has 3 amide bonds. The molecule has 2 saturated heterocycles. The lowest BCUT2D eigenvalue weighted by Gasteiger charge is -2.34. The summed E-state index contributed by atoms with van der Waals surface area (Å²) < 4.78 is 31.7. The lowest BCUT2D eigenvalue weighted by molar-refractivity contribution is -0.192. The minimum atomic E-state index is -5.08. The van der Waals surface area contributed by atoms with E-state index in [1.165, 1.54) is 4.88 Å². The zero-order valence-electron chi connectivity index (χ0n) is 18.4. The maximum absolute atomic E-state index is 12.6. The molecule has 1 aromatic rings. The number of nitrogens with zero attached hydrogens (tertiary/aromatic N) is 4. The number of carbonyl (C=O) groups is 3. The highest BCUT2D eigenvalue weighted by molar-refractivity contribution is 7.09. The summed E-state index contributed by atoms with van der Waals surface area (Å²) in [6.07, 6.45) is -4.54. The highest BCUT2D eigenvalue weighted by Crippen LogP contribution is 2.35. The fourth-order valence-electron chi connectivity index (χ4n) is 4.03. The first-order valence-electron chi connectivity index (χ1n) is 10.2. The zero-order valence-corrected chi connectivity index (χ0v) is 19.2. The topological polar surface area (TPSA) is 84.4 Å². The summed E-state index contributed by atoms with van der Waals surface area (Å²) in [4.78, 5) is 43.2. The molecular weight excluding hydrogens is 449 g/mol. The van der Waals surface area contributed by atoms with Crippen molar-refractivity contribution in [3.05, 3.63) is 22.4 Å². The second kappa shape index (κ2) is 10.5. The molecule has 1 N–H and O–H groups in total. The molecule has 0 aliphatic carbocycles. The first-order chi connectivity index (χ1) is 14.9. The summed E-state index contributed by atoms with van der Waals surface area (Å²) >= 11 is 1.76. The fourth-order valence-corrected chi connectivity index (χ4v) is 4.78. The van der Waals surface area contributed by atoms with Crippen LogP contribution in [0.1, 0.15) is 18.2 Å². The molecular formula is C20H29F3N4O4S. The average Bonchev–Trinajstić information content (AvgIpc) is 3.26. The molecule has 1 aromatic heterocycles. The molecule has 1 spiro atoms. The van der Waals surface area contributed by atoms with Crippen LogP contribution in [0.4, 0.5) is 18.0 Å². The number of halogens is 3. The third-order valence-corrected chi connectivity index (χ3v) is 6.27. The van der Waals surface area contributed by atoms with E-state index in [-0.39, 0.29) is 17.4 Å². The van der Waals surface area contributed by atoms with Gasteiger partial charge in [-0.1, -0.05) is 6.07 Å². The second-order valence-electron chi connectivity index (χ2n) is 8.28. The van der Waals surface area contributed by atoms with E-state index in [1.807, 2.05) is 16.7 Å². The van der Waals surface area contributed by atoms with Crippen LogP contribution in [0.3, 0.4) is 0 Å². The predicted octanol–water partition coefficient (Wildman–Crippen LogP) is 2.42. The molecule has 12 heteroatoms. The molecule has 0 aromatic carbocycles. The molecule has 0 saturated carbocycles. The summed E-state index contributed by atoms with van der Waals surface area (Å²) in [7, 11) is 3.59. The largest absolute Gasteiger partial charge is 0.490 e. The Morgan fingerprint density at radius 1 is 1.22 bits per heavy atom. The van der Waals surface area contributed by atoms with Gasteiger partial charge in [-0.15, -0.1) is 11.3 Å². The smallest absolute Gasteiger partial charge is 0.475 e. The van der Waals surface area contributed by atoms with Crippen LogP contribution >= 0.6 is 11.3 Å². The number of hydrogen-bond donors (Lipinski definition) is 1. The third-order valence-electron chi connectivity index (χ3n) is 5.41. The van der Waals surface area contributed by atoms with Gasteiger partial charge < -0.3 is 19.8 Å². The van der Waals surface area contributed by atoms with Gasteiger partial charge in [0.05, 0.1) is 0 Å². The van der Waals surface area contributed by atoms with Crippen LogP contribution in [0.2, 0.25) is 0 Å². The molecule has 180 valence electrons. The van der Waals surface area contributed by atoms with Gasteiger partial charge in [0.15, 0.2) is 0 Å². The van der Waals surface area contributed by atoms with Crippen LogP contribution in [-0.4, -0.2) is 102 Å². The summed E-state index contributed by atoms with van der Waals surface area (Å²) in [6, 6.07) is 4.27. The summed E-state index contributed by atoms with van der Waals surface area (Å²) in [6.45, 7) is 7.50. The normalized spacial score (nSPS) is 21.9. The Hall–Kier alpha value is -2.34. The van der Waals surface area contributed by atoms with Gasteiger partial charge in [0.1, 0.15) is 0 Å². The number of carbonyl (C=O) groups excluding carboxylic acids is 2. The van der Waals surface area contributed by atoms with E-state index in [4.69, 9.17) is 9.90 Å². The number of rotatable bonds is 3. The van der Waals surface area contributed by atoms with Crippen LogP contribution < -0.4 is 0 Å². The Bertz CT molecular complexity index is 803.